The number of nitrogens with zero attached hydrogens (tertiary/aromatic N) is 2. The first kappa shape index (κ1) is 19.0. The zero-order valence-corrected chi connectivity index (χ0v) is 16.4. The number of aromatic nitrogens is 2. The predicted octanol–water partition coefficient (Wildman–Crippen LogP) is 6.06. The lowest BCUT2D eigenvalue weighted by molar-refractivity contribution is 0.484. The van der Waals surface area contributed by atoms with Gasteiger partial charge in [0.05, 0.1) is 0 Å². The molecule has 1 heterocycles. The molecule has 146 valence electrons. The highest BCUT2D eigenvalue weighted by atomic mass is 31.1. The summed E-state index contributed by atoms with van der Waals surface area (Å²) in [5, 5.41) is 0. The lowest BCUT2D eigenvalue weighted by Crippen LogP contribution is -2.31. The van der Waals surface area contributed by atoms with Crippen LogP contribution in [0.3, 0.4) is 0 Å². The second kappa shape index (κ2) is 8.34. The summed E-state index contributed by atoms with van der Waals surface area (Å²) < 4.78 is 44.3. The maximum Gasteiger partial charge on any atom is 0.185 e. The van der Waals surface area contributed by atoms with Crippen LogP contribution in [0.15, 0.2) is 24.5 Å². The molecule has 2 nitrogen and oxygen atoms in total. The van der Waals surface area contributed by atoms with E-state index in [1.54, 1.807) is 12.4 Å². The van der Waals surface area contributed by atoms with E-state index >= 15 is 0 Å². The fourth-order valence-corrected chi connectivity index (χ4v) is 8.45. The van der Waals surface area contributed by atoms with Crippen LogP contribution in [0.25, 0.3) is 5.69 Å². The van der Waals surface area contributed by atoms with Crippen molar-refractivity contribution in [2.24, 2.45) is 0 Å². The molecule has 2 aliphatic carbocycles. The molecule has 1 aromatic heterocycles. The van der Waals surface area contributed by atoms with Gasteiger partial charge < -0.3 is 0 Å². The summed E-state index contributed by atoms with van der Waals surface area (Å²) in [5.74, 6) is -2.89. The molecular formula is C21H26F3N2P. The van der Waals surface area contributed by atoms with Crippen molar-refractivity contribution in [3.63, 3.8) is 0 Å². The van der Waals surface area contributed by atoms with Crippen molar-refractivity contribution >= 4 is 13.5 Å². The van der Waals surface area contributed by atoms with Crippen molar-refractivity contribution in [2.75, 3.05) is 0 Å². The van der Waals surface area contributed by atoms with Crippen LogP contribution in [0.4, 0.5) is 13.2 Å². The molecule has 0 unspecified atom stereocenters. The molecule has 2 fully saturated rings. The quantitative estimate of drug-likeness (QED) is 0.455. The van der Waals surface area contributed by atoms with Gasteiger partial charge in [0.15, 0.2) is 11.6 Å². The van der Waals surface area contributed by atoms with Crippen LogP contribution in [0.5, 0.6) is 0 Å². The van der Waals surface area contributed by atoms with Crippen LogP contribution in [-0.4, -0.2) is 20.9 Å². The van der Waals surface area contributed by atoms with E-state index in [0.29, 0.717) is 11.3 Å². The van der Waals surface area contributed by atoms with Gasteiger partial charge in [0, 0.05) is 12.4 Å². The zero-order chi connectivity index (χ0) is 18.8. The van der Waals surface area contributed by atoms with Crippen LogP contribution >= 0.6 is 7.92 Å². The highest BCUT2D eigenvalue weighted by molar-refractivity contribution is 7.66. The molecule has 2 saturated carbocycles. The van der Waals surface area contributed by atoms with E-state index in [1.807, 2.05) is 0 Å². The van der Waals surface area contributed by atoms with Gasteiger partial charge in [-0.3, -0.25) is 4.57 Å². The Morgan fingerprint density at radius 2 is 1.37 bits per heavy atom. The van der Waals surface area contributed by atoms with Crippen LogP contribution in [0, 0.1) is 17.5 Å². The number of rotatable bonds is 4. The number of imidazole rings is 1. The average Bonchev–Trinajstić information content (AvgIpc) is 3.16. The third kappa shape index (κ3) is 3.81. The van der Waals surface area contributed by atoms with Gasteiger partial charge in [0.2, 0.25) is 0 Å². The topological polar surface area (TPSA) is 17.8 Å². The lowest BCUT2D eigenvalue weighted by atomic mass is 9.99. The van der Waals surface area contributed by atoms with Crippen molar-refractivity contribution in [1.82, 2.24) is 9.55 Å². The van der Waals surface area contributed by atoms with E-state index in [2.05, 4.69) is 4.98 Å². The van der Waals surface area contributed by atoms with Gasteiger partial charge in [-0.15, -0.1) is 0 Å². The van der Waals surface area contributed by atoms with E-state index in [-0.39, 0.29) is 5.69 Å². The highest BCUT2D eigenvalue weighted by Gasteiger charge is 2.35. The van der Waals surface area contributed by atoms with Crippen LogP contribution in [-0.2, 0) is 0 Å². The molecule has 1 aromatic carbocycles. The molecule has 0 amide bonds. The van der Waals surface area contributed by atoms with Crippen molar-refractivity contribution in [3.8, 4) is 5.69 Å². The molecule has 27 heavy (non-hydrogen) atoms. The Hall–Kier alpha value is -1.35. The van der Waals surface area contributed by atoms with Gasteiger partial charge in [-0.25, -0.2) is 18.2 Å². The molecule has 0 N–H and O–H groups in total. The molecule has 2 aromatic rings. The number of halogens is 3. The first-order chi connectivity index (χ1) is 13.2. The molecular weight excluding hydrogens is 368 g/mol. The maximum atomic E-state index is 14.5. The lowest BCUT2D eigenvalue weighted by Gasteiger charge is -2.38. The van der Waals surface area contributed by atoms with E-state index in [4.69, 9.17) is 0 Å². The van der Waals surface area contributed by atoms with Crippen LogP contribution in [0.1, 0.15) is 64.2 Å². The Kier molecular flexibility index (Phi) is 5.87. The van der Waals surface area contributed by atoms with Gasteiger partial charge in [-0.1, -0.05) is 38.5 Å². The molecule has 0 saturated heterocycles. The fraction of sp³-hybridized carbons (Fsp3) is 0.571. The van der Waals surface area contributed by atoms with Gasteiger partial charge >= 0.3 is 0 Å². The van der Waals surface area contributed by atoms with Crippen LogP contribution < -0.4 is 5.57 Å². The Bertz CT molecular complexity index is 762. The van der Waals surface area contributed by atoms with Crippen molar-refractivity contribution < 1.29 is 13.2 Å². The van der Waals surface area contributed by atoms with E-state index < -0.39 is 25.4 Å². The van der Waals surface area contributed by atoms with E-state index in [1.165, 1.54) is 68.8 Å². The second-order valence-electron chi connectivity index (χ2n) is 7.78. The zero-order valence-electron chi connectivity index (χ0n) is 15.5. The minimum absolute atomic E-state index is 0.318. The summed E-state index contributed by atoms with van der Waals surface area (Å²) >= 11 is 0. The number of hydrogen-bond acceptors (Lipinski definition) is 1. The number of hydrogen-bond donors (Lipinski definition) is 0. The molecule has 0 bridgehead atoms. The van der Waals surface area contributed by atoms with Gasteiger partial charge in [-0.05, 0) is 57.1 Å². The summed E-state index contributed by atoms with van der Waals surface area (Å²) in [4.78, 5) is 4.59. The SMILES string of the molecule is Fc1ccc(F)c(-n2ccnc2P(C2CCCCC2)C2CCCCC2)c1F. The Morgan fingerprint density at radius 3 is 1.96 bits per heavy atom. The smallest absolute Gasteiger partial charge is 0.185 e. The highest BCUT2D eigenvalue weighted by Crippen LogP contribution is 2.54. The standard InChI is InChI=1S/C21H26F3N2P/c22-17-11-12-18(23)20(19(17)24)26-14-13-25-21(26)27(15-7-3-1-4-8-15)16-9-5-2-6-10-16/h11-16H,1-10H2. The summed E-state index contributed by atoms with van der Waals surface area (Å²) in [6.07, 6.45) is 15.3. The Morgan fingerprint density at radius 1 is 0.815 bits per heavy atom. The molecule has 0 aliphatic heterocycles. The second-order valence-corrected chi connectivity index (χ2v) is 10.5. The van der Waals surface area contributed by atoms with Crippen molar-refractivity contribution in [1.29, 1.82) is 0 Å². The Balaban J connectivity index is 1.78. The monoisotopic (exact) mass is 394 g/mol. The summed E-state index contributed by atoms with van der Waals surface area (Å²) in [7, 11) is -0.638. The summed E-state index contributed by atoms with van der Waals surface area (Å²) in [5.41, 5.74) is 1.56. The van der Waals surface area contributed by atoms with Gasteiger partial charge in [0.1, 0.15) is 17.1 Å². The van der Waals surface area contributed by atoms with Gasteiger partial charge in [-0.2, -0.15) is 0 Å². The minimum Gasteiger partial charge on any atom is -0.295 e. The third-order valence-corrected chi connectivity index (χ3v) is 9.45. The molecule has 0 radical (unpaired) electrons. The first-order valence-corrected chi connectivity index (χ1v) is 11.6. The Labute approximate surface area is 159 Å². The molecule has 0 atom stereocenters. The molecule has 6 heteroatoms. The van der Waals surface area contributed by atoms with Crippen LogP contribution in [0.2, 0.25) is 0 Å². The molecule has 4 rings (SSSR count). The van der Waals surface area contributed by atoms with Gasteiger partial charge in [0.25, 0.3) is 0 Å². The minimum atomic E-state index is -1.13. The van der Waals surface area contributed by atoms with E-state index in [9.17, 15) is 13.2 Å². The van der Waals surface area contributed by atoms with Crippen molar-refractivity contribution in [3.05, 3.63) is 42.0 Å². The predicted molar refractivity (Wildman–Crippen MR) is 104 cm³/mol. The maximum absolute atomic E-state index is 14.5. The molecule has 0 spiro atoms. The normalized spacial score (nSPS) is 19.7. The summed E-state index contributed by atoms with van der Waals surface area (Å²) in [6.45, 7) is 0. The van der Waals surface area contributed by atoms with Crippen molar-refractivity contribution in [2.45, 2.75) is 75.5 Å². The average molecular weight is 394 g/mol. The van der Waals surface area contributed by atoms with E-state index in [0.717, 1.165) is 17.7 Å². The third-order valence-electron chi connectivity index (χ3n) is 6.05. The largest absolute Gasteiger partial charge is 0.295 e. The number of benzene rings is 1. The fourth-order valence-electron chi connectivity index (χ4n) is 4.74. The molecule has 2 aliphatic rings. The first-order valence-electron chi connectivity index (χ1n) is 10.1. The summed E-state index contributed by atoms with van der Waals surface area (Å²) in [6, 6.07) is 1.84.